The highest BCUT2D eigenvalue weighted by Gasteiger charge is 2.14. The molecule has 3 aromatic heterocycles. The van der Waals surface area contributed by atoms with E-state index in [9.17, 15) is 8.42 Å². The van der Waals surface area contributed by atoms with E-state index in [1.165, 1.54) is 6.07 Å². The van der Waals surface area contributed by atoms with E-state index >= 15 is 0 Å². The van der Waals surface area contributed by atoms with Crippen molar-refractivity contribution >= 4 is 32.6 Å². The van der Waals surface area contributed by atoms with Gasteiger partial charge in [-0.1, -0.05) is 6.07 Å². The summed E-state index contributed by atoms with van der Waals surface area (Å²) in [5, 5.41) is 3.18. The van der Waals surface area contributed by atoms with Crippen molar-refractivity contribution in [3.63, 3.8) is 0 Å². The molecule has 0 aliphatic rings. The average Bonchev–Trinajstić information content (AvgIpc) is 2.78. The number of nitrogens with one attached hydrogen (secondary N) is 2. The van der Waals surface area contributed by atoms with Crippen molar-refractivity contribution in [2.75, 3.05) is 18.4 Å². The number of hydrogen-bond acceptors (Lipinski definition) is 7. The third-order valence-electron chi connectivity index (χ3n) is 4.43. The second kappa shape index (κ2) is 8.54. The Hall–Kier alpha value is -3.40. The van der Waals surface area contributed by atoms with Gasteiger partial charge in [0.2, 0.25) is 10.0 Å². The Kier molecular flexibility index (Phi) is 5.66. The first-order valence-electron chi connectivity index (χ1n) is 9.30. The lowest BCUT2D eigenvalue weighted by Gasteiger charge is -2.11. The van der Waals surface area contributed by atoms with Crippen LogP contribution in [0, 0.1) is 0 Å². The number of nitrogens with zero attached hydrogens (tertiary/aromatic N) is 3. The van der Waals surface area contributed by atoms with E-state index in [1.807, 2.05) is 24.3 Å². The van der Waals surface area contributed by atoms with Gasteiger partial charge < -0.3 is 11.1 Å². The van der Waals surface area contributed by atoms with Crippen LogP contribution in [-0.2, 0) is 10.0 Å². The van der Waals surface area contributed by atoms with Crippen LogP contribution in [0.4, 0.5) is 11.5 Å². The Morgan fingerprint density at radius 3 is 2.60 bits per heavy atom. The average molecular weight is 420 g/mol. The lowest BCUT2D eigenvalue weighted by atomic mass is 10.1. The molecule has 0 amide bonds. The van der Waals surface area contributed by atoms with Gasteiger partial charge in [-0.3, -0.25) is 9.97 Å². The van der Waals surface area contributed by atoms with Crippen LogP contribution in [0.25, 0.3) is 22.2 Å². The molecule has 0 bridgehead atoms. The van der Waals surface area contributed by atoms with Crippen molar-refractivity contribution in [2.24, 2.45) is 5.73 Å². The van der Waals surface area contributed by atoms with Crippen LogP contribution in [-0.4, -0.2) is 36.5 Å². The molecule has 0 atom stereocenters. The summed E-state index contributed by atoms with van der Waals surface area (Å²) in [4.78, 5) is 13.3. The molecule has 0 aliphatic carbocycles. The van der Waals surface area contributed by atoms with E-state index in [-0.39, 0.29) is 18.0 Å². The van der Waals surface area contributed by atoms with Crippen molar-refractivity contribution in [1.29, 1.82) is 0 Å². The summed E-state index contributed by atoms with van der Waals surface area (Å²) in [6, 6.07) is 16.0. The van der Waals surface area contributed by atoms with E-state index in [0.717, 1.165) is 22.2 Å². The summed E-state index contributed by atoms with van der Waals surface area (Å²) in [6.07, 6.45) is 5.21. The molecule has 0 spiro atoms. The second-order valence-electron chi connectivity index (χ2n) is 6.50. The summed E-state index contributed by atoms with van der Waals surface area (Å²) < 4.78 is 27.2. The minimum atomic E-state index is -3.62. The molecule has 0 saturated carbocycles. The van der Waals surface area contributed by atoms with Crippen LogP contribution < -0.4 is 15.8 Å². The van der Waals surface area contributed by atoms with E-state index in [2.05, 4.69) is 20.0 Å². The smallest absolute Gasteiger partial charge is 0.240 e. The summed E-state index contributed by atoms with van der Waals surface area (Å²) in [6.45, 7) is 0.406. The quantitative estimate of drug-likeness (QED) is 0.420. The molecular weight excluding hydrogens is 400 g/mol. The maximum Gasteiger partial charge on any atom is 0.240 e. The first-order valence-corrected chi connectivity index (χ1v) is 10.8. The number of hydrogen-bond donors (Lipinski definition) is 3. The van der Waals surface area contributed by atoms with Gasteiger partial charge in [0.1, 0.15) is 5.82 Å². The van der Waals surface area contributed by atoms with E-state index in [1.54, 1.807) is 42.9 Å². The first-order chi connectivity index (χ1) is 14.6. The van der Waals surface area contributed by atoms with Crippen molar-refractivity contribution in [2.45, 2.75) is 4.90 Å². The van der Waals surface area contributed by atoms with Gasteiger partial charge in [0.15, 0.2) is 0 Å². The Morgan fingerprint density at radius 1 is 0.967 bits per heavy atom. The lowest BCUT2D eigenvalue weighted by Crippen LogP contribution is -2.29. The fourth-order valence-electron chi connectivity index (χ4n) is 3.02. The molecule has 4 rings (SSSR count). The molecule has 1 aromatic carbocycles. The summed E-state index contributed by atoms with van der Waals surface area (Å²) in [5.74, 6) is 0.579. The lowest BCUT2D eigenvalue weighted by molar-refractivity contribution is 0.582. The molecule has 8 nitrogen and oxygen atoms in total. The van der Waals surface area contributed by atoms with Gasteiger partial charge in [0, 0.05) is 42.9 Å². The Morgan fingerprint density at radius 2 is 1.80 bits per heavy atom. The monoisotopic (exact) mass is 420 g/mol. The minimum Gasteiger partial charge on any atom is -0.340 e. The van der Waals surface area contributed by atoms with Crippen molar-refractivity contribution in [1.82, 2.24) is 19.7 Å². The highest BCUT2D eigenvalue weighted by molar-refractivity contribution is 7.89. The third-order valence-corrected chi connectivity index (χ3v) is 5.89. The number of aromatic nitrogens is 3. The van der Waals surface area contributed by atoms with Gasteiger partial charge in [-0.2, -0.15) is 0 Å². The molecule has 0 unspecified atom stereocenters. The van der Waals surface area contributed by atoms with Gasteiger partial charge in [-0.15, -0.1) is 0 Å². The largest absolute Gasteiger partial charge is 0.340 e. The highest BCUT2D eigenvalue weighted by Crippen LogP contribution is 2.27. The molecule has 0 saturated heterocycles. The number of pyridine rings is 3. The molecule has 4 aromatic rings. The van der Waals surface area contributed by atoms with Crippen LogP contribution in [0.3, 0.4) is 0 Å². The number of anilines is 2. The molecule has 4 N–H and O–H groups in total. The standard InChI is InChI=1S/C21H20N6O2S/c22-9-13-25-30(28,29)17-3-1-2-16(14-17)26-20-5-4-19-21(27-20)18(8-12-24-19)15-6-10-23-11-7-15/h1-8,10-12,14,25H,9,13,22H2,(H,26,27). The zero-order chi connectivity index (χ0) is 21.0. The number of rotatable bonds is 7. The Labute approximate surface area is 174 Å². The zero-order valence-corrected chi connectivity index (χ0v) is 16.8. The van der Waals surface area contributed by atoms with E-state index < -0.39 is 10.0 Å². The summed E-state index contributed by atoms with van der Waals surface area (Å²) >= 11 is 0. The maximum atomic E-state index is 12.3. The highest BCUT2D eigenvalue weighted by atomic mass is 32.2. The van der Waals surface area contributed by atoms with Gasteiger partial charge in [0.05, 0.1) is 15.9 Å². The van der Waals surface area contributed by atoms with Crippen molar-refractivity contribution in [3.8, 4) is 11.1 Å². The summed E-state index contributed by atoms with van der Waals surface area (Å²) in [7, 11) is -3.62. The molecule has 0 aliphatic heterocycles. The van der Waals surface area contributed by atoms with Crippen LogP contribution >= 0.6 is 0 Å². The number of nitrogens with two attached hydrogens (primary N) is 1. The molecule has 0 radical (unpaired) electrons. The minimum absolute atomic E-state index is 0.154. The number of benzene rings is 1. The number of sulfonamides is 1. The van der Waals surface area contributed by atoms with Crippen molar-refractivity contribution in [3.05, 3.63) is 73.2 Å². The fraction of sp³-hybridized carbons (Fsp3) is 0.0952. The SMILES string of the molecule is NCCNS(=O)(=O)c1cccc(Nc2ccc3nccc(-c4ccncc4)c3n2)c1. The number of fused-ring (bicyclic) bond motifs is 1. The zero-order valence-electron chi connectivity index (χ0n) is 16.0. The van der Waals surface area contributed by atoms with Gasteiger partial charge >= 0.3 is 0 Å². The second-order valence-corrected chi connectivity index (χ2v) is 8.26. The van der Waals surface area contributed by atoms with Crippen LogP contribution in [0.1, 0.15) is 0 Å². The molecule has 9 heteroatoms. The summed E-state index contributed by atoms with van der Waals surface area (Å²) in [5.41, 5.74) is 9.42. The molecule has 0 fully saturated rings. The van der Waals surface area contributed by atoms with E-state index in [0.29, 0.717) is 11.5 Å². The van der Waals surface area contributed by atoms with Gasteiger partial charge in [-0.25, -0.2) is 18.1 Å². The Bertz CT molecular complexity index is 1280. The molecule has 30 heavy (non-hydrogen) atoms. The normalized spacial score (nSPS) is 11.5. The van der Waals surface area contributed by atoms with Crippen LogP contribution in [0.5, 0.6) is 0 Å². The molecular formula is C21H20N6O2S. The fourth-order valence-corrected chi connectivity index (χ4v) is 4.12. The van der Waals surface area contributed by atoms with Crippen molar-refractivity contribution < 1.29 is 8.42 Å². The first kappa shape index (κ1) is 19.9. The van der Waals surface area contributed by atoms with Crippen LogP contribution in [0.2, 0.25) is 0 Å². The van der Waals surface area contributed by atoms with Gasteiger partial charge in [-0.05, 0) is 54.1 Å². The third kappa shape index (κ3) is 4.28. The predicted octanol–water partition coefficient (Wildman–Crippen LogP) is 2.67. The Balaban J connectivity index is 1.68. The molecule has 3 heterocycles. The topological polar surface area (TPSA) is 123 Å². The van der Waals surface area contributed by atoms with Crippen LogP contribution in [0.15, 0.2) is 78.1 Å². The molecule has 152 valence electrons. The predicted molar refractivity (Wildman–Crippen MR) is 117 cm³/mol. The van der Waals surface area contributed by atoms with E-state index in [4.69, 9.17) is 10.7 Å². The van der Waals surface area contributed by atoms with Gasteiger partial charge in [0.25, 0.3) is 0 Å². The maximum absolute atomic E-state index is 12.3.